The monoisotopic (exact) mass is 355 g/mol. The third kappa shape index (κ3) is 3.07. The standard InChI is InChI=1S/C14H21N5O4S/c1-2-3-4-24-12-8-11(17-14(15)18-12)19(6-16-8)13-10(22)9(21)7(5-20)23-13/h6-7,9-10,13,20-22H,2-5H2,1H3,(H2,15,17,18)/t7-,9+,10+,13+/m0/s1. The molecule has 10 heteroatoms. The lowest BCUT2D eigenvalue weighted by atomic mass is 10.1. The van der Waals surface area contributed by atoms with Crippen LogP contribution in [0.4, 0.5) is 5.95 Å². The molecular formula is C14H21N5O4S. The molecule has 9 nitrogen and oxygen atoms in total. The van der Waals surface area contributed by atoms with Crippen LogP contribution in [0.1, 0.15) is 26.0 Å². The Morgan fingerprint density at radius 1 is 1.33 bits per heavy atom. The molecule has 0 saturated carbocycles. The van der Waals surface area contributed by atoms with E-state index in [9.17, 15) is 15.3 Å². The fourth-order valence-corrected chi connectivity index (χ4v) is 3.68. The van der Waals surface area contributed by atoms with Gasteiger partial charge in [-0.1, -0.05) is 13.3 Å². The summed E-state index contributed by atoms with van der Waals surface area (Å²) in [5, 5.41) is 30.0. The SMILES string of the molecule is CCCCSc1nc(N)nc2c1ncn2[C@@H]1O[C@@H](CO)[C@@H](O)[C@H]1O. The van der Waals surface area contributed by atoms with E-state index in [2.05, 4.69) is 21.9 Å². The van der Waals surface area contributed by atoms with Crippen LogP contribution in [-0.4, -0.2) is 65.5 Å². The number of rotatable bonds is 6. The van der Waals surface area contributed by atoms with Gasteiger partial charge >= 0.3 is 0 Å². The lowest BCUT2D eigenvalue weighted by Crippen LogP contribution is -2.33. The summed E-state index contributed by atoms with van der Waals surface area (Å²) >= 11 is 1.55. The Labute approximate surface area is 142 Å². The first-order valence-corrected chi connectivity index (χ1v) is 8.80. The Bertz CT molecular complexity index is 712. The maximum Gasteiger partial charge on any atom is 0.223 e. The Kier molecular flexibility index (Phi) is 5.21. The maximum atomic E-state index is 10.2. The van der Waals surface area contributed by atoms with E-state index in [0.29, 0.717) is 16.2 Å². The number of aromatic nitrogens is 4. The van der Waals surface area contributed by atoms with Crippen molar-refractivity contribution < 1.29 is 20.1 Å². The minimum Gasteiger partial charge on any atom is -0.394 e. The van der Waals surface area contributed by atoms with E-state index >= 15 is 0 Å². The van der Waals surface area contributed by atoms with Crippen molar-refractivity contribution in [3.8, 4) is 0 Å². The Hall–Kier alpha value is -1.46. The van der Waals surface area contributed by atoms with Gasteiger partial charge in [-0.15, -0.1) is 11.8 Å². The van der Waals surface area contributed by atoms with Crippen LogP contribution in [0, 0.1) is 0 Å². The van der Waals surface area contributed by atoms with E-state index in [1.165, 1.54) is 10.9 Å². The number of nitrogens with zero attached hydrogens (tertiary/aromatic N) is 4. The molecule has 2 aromatic rings. The number of unbranched alkanes of at least 4 members (excludes halogenated alkanes) is 1. The molecule has 1 fully saturated rings. The average molecular weight is 355 g/mol. The Morgan fingerprint density at radius 2 is 2.12 bits per heavy atom. The quantitative estimate of drug-likeness (QED) is 0.318. The van der Waals surface area contributed by atoms with E-state index in [1.54, 1.807) is 11.8 Å². The molecule has 2 aromatic heterocycles. The van der Waals surface area contributed by atoms with Crippen LogP contribution in [0.3, 0.4) is 0 Å². The zero-order valence-corrected chi connectivity index (χ0v) is 14.1. The lowest BCUT2D eigenvalue weighted by molar-refractivity contribution is -0.0511. The number of thioether (sulfide) groups is 1. The molecule has 5 N–H and O–H groups in total. The number of fused-ring (bicyclic) bond motifs is 1. The fourth-order valence-electron chi connectivity index (χ4n) is 2.62. The highest BCUT2D eigenvalue weighted by atomic mass is 32.2. The summed E-state index contributed by atoms with van der Waals surface area (Å²) in [5.74, 6) is 0.998. The Balaban J connectivity index is 1.95. The summed E-state index contributed by atoms with van der Waals surface area (Å²) < 4.78 is 7.05. The molecule has 24 heavy (non-hydrogen) atoms. The molecule has 0 unspecified atom stereocenters. The van der Waals surface area contributed by atoms with Gasteiger partial charge < -0.3 is 25.8 Å². The van der Waals surface area contributed by atoms with Crippen molar-refractivity contribution in [2.75, 3.05) is 18.1 Å². The maximum absolute atomic E-state index is 10.2. The minimum absolute atomic E-state index is 0.106. The van der Waals surface area contributed by atoms with Gasteiger partial charge in [0.05, 0.1) is 12.9 Å². The van der Waals surface area contributed by atoms with Crippen LogP contribution >= 0.6 is 11.8 Å². The third-order valence-electron chi connectivity index (χ3n) is 3.93. The second kappa shape index (κ2) is 7.19. The summed E-state index contributed by atoms with van der Waals surface area (Å²) in [6, 6.07) is 0. The van der Waals surface area contributed by atoms with Crippen LogP contribution in [0.25, 0.3) is 11.2 Å². The van der Waals surface area contributed by atoms with Crippen molar-refractivity contribution in [1.82, 2.24) is 19.5 Å². The number of nitrogen functional groups attached to an aromatic ring is 1. The molecule has 0 aliphatic carbocycles. The molecule has 3 heterocycles. The topological polar surface area (TPSA) is 140 Å². The highest BCUT2D eigenvalue weighted by molar-refractivity contribution is 7.99. The predicted octanol–water partition coefficient (Wildman–Crippen LogP) is -0.0878. The number of ether oxygens (including phenoxy) is 1. The summed E-state index contributed by atoms with van der Waals surface area (Å²) in [7, 11) is 0. The van der Waals surface area contributed by atoms with Crippen molar-refractivity contribution in [3.05, 3.63) is 6.33 Å². The molecular weight excluding hydrogens is 334 g/mol. The predicted molar refractivity (Wildman–Crippen MR) is 88.4 cm³/mol. The highest BCUT2D eigenvalue weighted by Crippen LogP contribution is 2.33. The van der Waals surface area contributed by atoms with E-state index < -0.39 is 31.1 Å². The summed E-state index contributed by atoms with van der Waals surface area (Å²) in [6.07, 6.45) is -0.547. The first kappa shape index (κ1) is 17.4. The third-order valence-corrected chi connectivity index (χ3v) is 4.99. The number of anilines is 1. The van der Waals surface area contributed by atoms with Gasteiger partial charge in [-0.2, -0.15) is 4.98 Å². The summed E-state index contributed by atoms with van der Waals surface area (Å²) in [4.78, 5) is 12.8. The zero-order chi connectivity index (χ0) is 17.3. The molecule has 1 saturated heterocycles. The van der Waals surface area contributed by atoms with E-state index in [1.807, 2.05) is 0 Å². The summed E-state index contributed by atoms with van der Waals surface area (Å²) in [6.45, 7) is 1.72. The van der Waals surface area contributed by atoms with Crippen molar-refractivity contribution in [2.24, 2.45) is 0 Å². The van der Waals surface area contributed by atoms with Gasteiger partial charge in [0, 0.05) is 0 Å². The van der Waals surface area contributed by atoms with E-state index in [4.69, 9.17) is 10.5 Å². The first-order valence-electron chi connectivity index (χ1n) is 7.82. The van der Waals surface area contributed by atoms with Gasteiger partial charge in [0.1, 0.15) is 28.9 Å². The van der Waals surface area contributed by atoms with Crippen LogP contribution in [-0.2, 0) is 4.74 Å². The van der Waals surface area contributed by atoms with Gasteiger partial charge in [-0.05, 0) is 12.2 Å². The van der Waals surface area contributed by atoms with E-state index in [-0.39, 0.29) is 5.95 Å². The van der Waals surface area contributed by atoms with Crippen molar-refractivity contribution >= 4 is 28.9 Å². The van der Waals surface area contributed by atoms with Gasteiger partial charge in [-0.25, -0.2) is 9.97 Å². The first-order chi connectivity index (χ1) is 11.6. The van der Waals surface area contributed by atoms with Gasteiger partial charge in [0.15, 0.2) is 11.9 Å². The average Bonchev–Trinajstić information content (AvgIpc) is 3.10. The zero-order valence-electron chi connectivity index (χ0n) is 13.2. The van der Waals surface area contributed by atoms with Crippen LogP contribution in [0.5, 0.6) is 0 Å². The highest BCUT2D eigenvalue weighted by Gasteiger charge is 2.44. The van der Waals surface area contributed by atoms with Gasteiger partial charge in [0.25, 0.3) is 0 Å². The number of aliphatic hydroxyl groups excluding tert-OH is 3. The van der Waals surface area contributed by atoms with Crippen molar-refractivity contribution in [2.45, 2.75) is 49.3 Å². The molecule has 0 spiro atoms. The molecule has 0 aromatic carbocycles. The number of imidazole rings is 1. The second-order valence-corrected chi connectivity index (χ2v) is 6.73. The molecule has 132 valence electrons. The largest absolute Gasteiger partial charge is 0.394 e. The van der Waals surface area contributed by atoms with Crippen LogP contribution in [0.15, 0.2) is 11.4 Å². The molecule has 0 amide bonds. The van der Waals surface area contributed by atoms with Crippen molar-refractivity contribution in [1.29, 1.82) is 0 Å². The second-order valence-electron chi connectivity index (χ2n) is 5.64. The molecule has 0 radical (unpaired) electrons. The fraction of sp³-hybridized carbons (Fsp3) is 0.643. The van der Waals surface area contributed by atoms with Gasteiger partial charge in [-0.3, -0.25) is 4.57 Å². The molecule has 1 aliphatic rings. The number of aliphatic hydroxyl groups is 3. The smallest absolute Gasteiger partial charge is 0.223 e. The molecule has 4 atom stereocenters. The summed E-state index contributed by atoms with van der Waals surface area (Å²) in [5.41, 5.74) is 6.80. The van der Waals surface area contributed by atoms with Crippen molar-refractivity contribution in [3.63, 3.8) is 0 Å². The number of nitrogens with two attached hydrogens (primary N) is 1. The molecule has 1 aliphatic heterocycles. The lowest BCUT2D eigenvalue weighted by Gasteiger charge is -2.16. The van der Waals surface area contributed by atoms with Crippen LogP contribution < -0.4 is 5.73 Å². The van der Waals surface area contributed by atoms with Crippen LogP contribution in [0.2, 0.25) is 0 Å². The molecule has 3 rings (SSSR count). The minimum atomic E-state index is -1.20. The molecule has 0 bridgehead atoms. The normalized spacial score (nSPS) is 27.2. The van der Waals surface area contributed by atoms with E-state index in [0.717, 1.165) is 18.6 Å². The Morgan fingerprint density at radius 3 is 2.79 bits per heavy atom. The van der Waals surface area contributed by atoms with Gasteiger partial charge in [0.2, 0.25) is 5.95 Å². The number of hydrogen-bond donors (Lipinski definition) is 4. The number of hydrogen-bond acceptors (Lipinski definition) is 9.